The molecule has 0 unspecified atom stereocenters. The molecule has 0 bridgehead atoms. The predicted molar refractivity (Wildman–Crippen MR) is 103 cm³/mol. The van der Waals surface area contributed by atoms with Gasteiger partial charge in [-0.1, -0.05) is 35.0 Å². The summed E-state index contributed by atoms with van der Waals surface area (Å²) in [6, 6.07) is 11.1. The first-order chi connectivity index (χ1) is 11.5. The lowest BCUT2D eigenvalue weighted by Crippen LogP contribution is -2.34. The summed E-state index contributed by atoms with van der Waals surface area (Å²) in [7, 11) is 3.35. The maximum absolute atomic E-state index is 8.65. The molecule has 0 saturated heterocycles. The lowest BCUT2D eigenvalue weighted by Gasteiger charge is -2.20. The Kier molecular flexibility index (Phi) is 6.58. The summed E-state index contributed by atoms with van der Waals surface area (Å²) in [5, 5.41) is 12.3. The van der Waals surface area contributed by atoms with Crippen LogP contribution in [0.15, 0.2) is 46.2 Å². The normalized spacial score (nSPS) is 9.96. The Bertz CT molecular complexity index is 768. The zero-order valence-electron chi connectivity index (χ0n) is 12.8. The van der Waals surface area contributed by atoms with Crippen LogP contribution in [0.2, 0.25) is 10.0 Å². The molecule has 0 amide bonds. The van der Waals surface area contributed by atoms with E-state index in [1.165, 1.54) is 11.8 Å². The van der Waals surface area contributed by atoms with Crippen molar-refractivity contribution in [2.45, 2.75) is 9.79 Å². The van der Waals surface area contributed by atoms with E-state index in [2.05, 4.69) is 5.32 Å². The van der Waals surface area contributed by atoms with Crippen LogP contribution in [0.5, 0.6) is 5.75 Å². The van der Waals surface area contributed by atoms with E-state index in [1.54, 1.807) is 37.4 Å². The van der Waals surface area contributed by atoms with Crippen molar-refractivity contribution >= 4 is 58.0 Å². The molecule has 0 saturated carbocycles. The topological polar surface area (TPSA) is 48.3 Å². The van der Waals surface area contributed by atoms with Gasteiger partial charge in [0.25, 0.3) is 0 Å². The third-order valence-corrected chi connectivity index (χ3v) is 5.47. The molecular formula is C16H13Cl2N3OS2. The Morgan fingerprint density at radius 1 is 1.25 bits per heavy atom. The molecule has 0 spiro atoms. The number of benzene rings is 2. The lowest BCUT2D eigenvalue weighted by molar-refractivity contribution is 0.414. The highest BCUT2D eigenvalue weighted by molar-refractivity contribution is 7.99. The molecule has 0 aliphatic rings. The molecule has 8 heteroatoms. The van der Waals surface area contributed by atoms with E-state index in [0.29, 0.717) is 15.7 Å². The Morgan fingerprint density at radius 2 is 1.83 bits per heavy atom. The molecule has 24 heavy (non-hydrogen) atoms. The van der Waals surface area contributed by atoms with Gasteiger partial charge in [0.15, 0.2) is 11.3 Å². The monoisotopic (exact) mass is 397 g/mol. The number of hydrogen-bond donors (Lipinski definition) is 1. The minimum Gasteiger partial charge on any atom is -0.497 e. The number of thiocarbonyl (C=S) groups is 1. The molecule has 4 nitrogen and oxygen atoms in total. The number of halogens is 2. The molecule has 2 rings (SSSR count). The molecular weight excluding hydrogens is 385 g/mol. The minimum atomic E-state index is 0.264. The molecule has 2 aromatic rings. The summed E-state index contributed by atoms with van der Waals surface area (Å²) in [5.74, 6) is 0.784. The molecule has 0 aromatic heterocycles. The van der Waals surface area contributed by atoms with Crippen LogP contribution in [0.25, 0.3) is 0 Å². The third-order valence-electron chi connectivity index (χ3n) is 3.12. The largest absolute Gasteiger partial charge is 0.497 e. The van der Waals surface area contributed by atoms with Gasteiger partial charge in [-0.05, 0) is 48.6 Å². The van der Waals surface area contributed by atoms with Crippen molar-refractivity contribution in [2.75, 3.05) is 19.1 Å². The van der Waals surface area contributed by atoms with Crippen molar-refractivity contribution in [3.8, 4) is 11.9 Å². The smallest absolute Gasteiger partial charge is 0.186 e. The Balaban J connectivity index is 2.26. The average Bonchev–Trinajstić information content (AvgIpc) is 2.58. The number of nitrogens with zero attached hydrogens (tertiary/aromatic N) is 2. The van der Waals surface area contributed by atoms with Crippen molar-refractivity contribution in [1.82, 2.24) is 5.32 Å². The molecule has 0 heterocycles. The van der Waals surface area contributed by atoms with Crippen LogP contribution >= 0.6 is 47.2 Å². The van der Waals surface area contributed by atoms with Gasteiger partial charge in [0.05, 0.1) is 17.2 Å². The number of ether oxygens (including phenoxy) is 1. The van der Waals surface area contributed by atoms with E-state index in [1.807, 2.05) is 24.3 Å². The van der Waals surface area contributed by atoms with Crippen molar-refractivity contribution in [3.05, 3.63) is 46.4 Å². The zero-order valence-corrected chi connectivity index (χ0v) is 16.0. The maximum Gasteiger partial charge on any atom is 0.186 e. The van der Waals surface area contributed by atoms with Gasteiger partial charge >= 0.3 is 0 Å². The van der Waals surface area contributed by atoms with Crippen LogP contribution in [0.1, 0.15) is 0 Å². The van der Waals surface area contributed by atoms with E-state index in [-0.39, 0.29) is 5.11 Å². The fourth-order valence-electron chi connectivity index (χ4n) is 1.85. The summed E-state index contributed by atoms with van der Waals surface area (Å²) in [5.41, 5.74) is 0.692. The van der Waals surface area contributed by atoms with Gasteiger partial charge < -0.3 is 9.64 Å². The van der Waals surface area contributed by atoms with Gasteiger partial charge in [0.2, 0.25) is 0 Å². The number of nitriles is 1. The van der Waals surface area contributed by atoms with E-state index in [9.17, 15) is 0 Å². The zero-order chi connectivity index (χ0) is 17.7. The molecule has 0 aliphatic heterocycles. The summed E-state index contributed by atoms with van der Waals surface area (Å²) in [6.45, 7) is 0. The van der Waals surface area contributed by atoms with Crippen LogP contribution in [0, 0.1) is 11.5 Å². The summed E-state index contributed by atoms with van der Waals surface area (Å²) in [6.07, 6.45) is 1.79. The van der Waals surface area contributed by atoms with Crippen LogP contribution in [-0.4, -0.2) is 19.3 Å². The first-order valence-corrected chi connectivity index (χ1v) is 8.68. The van der Waals surface area contributed by atoms with Crippen LogP contribution in [0.4, 0.5) is 5.69 Å². The number of methoxy groups -OCH3 is 1. The molecule has 0 fully saturated rings. The number of rotatable bonds is 4. The van der Waals surface area contributed by atoms with E-state index >= 15 is 0 Å². The molecule has 2 aromatic carbocycles. The summed E-state index contributed by atoms with van der Waals surface area (Å²) >= 11 is 19.3. The number of hydrogen-bond acceptors (Lipinski definition) is 4. The van der Waals surface area contributed by atoms with Gasteiger partial charge in [0, 0.05) is 22.5 Å². The fraction of sp³-hybridized carbons (Fsp3) is 0.125. The molecule has 124 valence electrons. The van der Waals surface area contributed by atoms with Crippen molar-refractivity contribution in [2.24, 2.45) is 0 Å². The molecule has 1 N–H and O–H groups in total. The van der Waals surface area contributed by atoms with Crippen molar-refractivity contribution in [3.63, 3.8) is 0 Å². The molecule has 0 atom stereocenters. The quantitative estimate of drug-likeness (QED) is 0.447. The van der Waals surface area contributed by atoms with Gasteiger partial charge in [-0.25, -0.2) is 0 Å². The highest BCUT2D eigenvalue weighted by Crippen LogP contribution is 2.41. The summed E-state index contributed by atoms with van der Waals surface area (Å²) in [4.78, 5) is 3.36. The number of nitrogens with one attached hydrogen (secondary N) is 1. The van der Waals surface area contributed by atoms with E-state index in [0.717, 1.165) is 15.5 Å². The van der Waals surface area contributed by atoms with Crippen LogP contribution < -0.4 is 15.0 Å². The fourth-order valence-corrected chi connectivity index (χ4v) is 3.53. The highest BCUT2D eigenvalue weighted by Gasteiger charge is 2.14. The third kappa shape index (κ3) is 4.46. The second kappa shape index (κ2) is 8.45. The van der Waals surface area contributed by atoms with Crippen molar-refractivity contribution < 1.29 is 4.74 Å². The summed E-state index contributed by atoms with van der Waals surface area (Å²) < 4.78 is 5.14. The first kappa shape index (κ1) is 18.7. The molecule has 0 radical (unpaired) electrons. The van der Waals surface area contributed by atoms with Gasteiger partial charge in [-0.2, -0.15) is 5.26 Å². The van der Waals surface area contributed by atoms with Crippen LogP contribution in [0.3, 0.4) is 0 Å². The van der Waals surface area contributed by atoms with Gasteiger partial charge in [0.1, 0.15) is 5.75 Å². The SMILES string of the molecule is COc1ccc(Sc2c(Cl)cc(N(C)C(=S)NC#N)cc2Cl)cc1. The number of anilines is 1. The Morgan fingerprint density at radius 3 is 2.33 bits per heavy atom. The van der Waals surface area contributed by atoms with E-state index < -0.39 is 0 Å². The van der Waals surface area contributed by atoms with E-state index in [4.69, 9.17) is 45.4 Å². The standard InChI is InChI=1S/C16H13Cl2N3OS2/c1-21(16(23)20-9-19)10-7-13(17)15(14(18)8-10)24-12-5-3-11(22-2)4-6-12/h3-8H,1-2H3,(H,20,23). The lowest BCUT2D eigenvalue weighted by atomic mass is 10.3. The second-order valence-corrected chi connectivity index (χ2v) is 6.90. The molecule has 0 aliphatic carbocycles. The van der Waals surface area contributed by atoms with Gasteiger partial charge in [-0.15, -0.1) is 0 Å². The second-order valence-electron chi connectivity index (χ2n) is 4.62. The Hall–Kier alpha value is -1.65. The average molecular weight is 398 g/mol. The van der Waals surface area contributed by atoms with Crippen molar-refractivity contribution in [1.29, 1.82) is 5.26 Å². The Labute approximate surface area is 160 Å². The first-order valence-electron chi connectivity index (χ1n) is 6.70. The predicted octanol–water partition coefficient (Wildman–Crippen LogP) is 4.94. The van der Waals surface area contributed by atoms with Gasteiger partial charge in [-0.3, -0.25) is 5.32 Å². The maximum atomic E-state index is 8.65. The minimum absolute atomic E-state index is 0.264. The highest BCUT2D eigenvalue weighted by atomic mass is 35.5. The van der Waals surface area contributed by atoms with Crippen LogP contribution in [-0.2, 0) is 0 Å².